The van der Waals surface area contributed by atoms with Gasteiger partial charge in [-0.2, -0.15) is 26.3 Å². The van der Waals surface area contributed by atoms with Crippen LogP contribution < -0.4 is 4.90 Å². The molecule has 35 heavy (non-hydrogen) atoms. The van der Waals surface area contributed by atoms with Crippen molar-refractivity contribution in [2.24, 2.45) is 0 Å². The topological polar surface area (TPSA) is 94.0 Å². The molecule has 0 spiro atoms. The van der Waals surface area contributed by atoms with E-state index < -0.39 is 24.3 Å². The molecule has 7 nitrogen and oxygen atoms in total. The van der Waals surface area contributed by atoms with Gasteiger partial charge in [0.25, 0.3) is 0 Å². The number of hydrogen-bond acceptors (Lipinski definition) is 5. The lowest BCUT2D eigenvalue weighted by atomic mass is 10.1. The van der Waals surface area contributed by atoms with E-state index in [-0.39, 0.29) is 5.82 Å². The highest BCUT2D eigenvalue weighted by Gasteiger charge is 2.38. The Balaban J connectivity index is 0.000000362. The number of pyridine rings is 1. The monoisotopic (exact) mass is 513 g/mol. The van der Waals surface area contributed by atoms with E-state index in [1.165, 1.54) is 11.6 Å². The van der Waals surface area contributed by atoms with Crippen LogP contribution in [0.15, 0.2) is 42.6 Å². The predicted octanol–water partition coefficient (Wildman–Crippen LogP) is 4.12. The third kappa shape index (κ3) is 10.6. The maximum Gasteiger partial charge on any atom is 0.490 e. The zero-order chi connectivity index (χ0) is 26.8. The molecule has 0 aliphatic carbocycles. The summed E-state index contributed by atoms with van der Waals surface area (Å²) in [5.41, 5.74) is 3.08. The zero-order valence-corrected chi connectivity index (χ0v) is 18.3. The van der Waals surface area contributed by atoms with Gasteiger partial charge in [-0.3, -0.25) is 9.88 Å². The van der Waals surface area contributed by atoms with E-state index in [9.17, 15) is 30.7 Å². The third-order valence-corrected chi connectivity index (χ3v) is 4.56. The number of anilines is 1. The van der Waals surface area contributed by atoms with Gasteiger partial charge in [0.15, 0.2) is 0 Å². The van der Waals surface area contributed by atoms with Gasteiger partial charge in [-0.05, 0) is 30.7 Å². The van der Waals surface area contributed by atoms with Crippen molar-refractivity contribution in [2.75, 3.05) is 31.1 Å². The maximum absolute atomic E-state index is 13.8. The highest BCUT2D eigenvalue weighted by Crippen LogP contribution is 2.21. The lowest BCUT2D eigenvalue weighted by molar-refractivity contribution is -0.193. The van der Waals surface area contributed by atoms with Crippen molar-refractivity contribution in [1.29, 1.82) is 0 Å². The second kappa shape index (κ2) is 12.9. The van der Waals surface area contributed by atoms with Crippen LogP contribution in [0, 0.1) is 12.7 Å². The molecule has 2 N–H and O–H groups in total. The first-order valence-corrected chi connectivity index (χ1v) is 9.85. The Bertz CT molecular complexity index is 952. The van der Waals surface area contributed by atoms with Crippen molar-refractivity contribution < 1.29 is 50.5 Å². The summed E-state index contributed by atoms with van der Waals surface area (Å²) in [6, 6.07) is 11.1. The number of alkyl halides is 6. The number of carbonyl (C=O) groups is 2. The summed E-state index contributed by atoms with van der Waals surface area (Å²) in [5, 5.41) is 14.2. The molecule has 1 saturated heterocycles. The summed E-state index contributed by atoms with van der Waals surface area (Å²) in [4.78, 5) is 26.7. The van der Waals surface area contributed by atoms with E-state index in [1.807, 2.05) is 31.3 Å². The van der Waals surface area contributed by atoms with Crippen LogP contribution in [-0.4, -0.2) is 70.6 Å². The number of aryl methyl sites for hydroxylation is 1. The maximum atomic E-state index is 13.8. The van der Waals surface area contributed by atoms with Gasteiger partial charge in [-0.25, -0.2) is 14.0 Å². The fourth-order valence-corrected chi connectivity index (χ4v) is 2.78. The van der Waals surface area contributed by atoms with Crippen LogP contribution in [0.5, 0.6) is 0 Å². The van der Waals surface area contributed by atoms with Crippen LogP contribution in [-0.2, 0) is 16.1 Å². The van der Waals surface area contributed by atoms with Gasteiger partial charge in [0.2, 0.25) is 0 Å². The molecule has 1 aliphatic rings. The van der Waals surface area contributed by atoms with Crippen molar-refractivity contribution in [3.05, 3.63) is 59.7 Å². The summed E-state index contributed by atoms with van der Waals surface area (Å²) < 4.78 is 77.3. The second-order valence-electron chi connectivity index (χ2n) is 7.07. The average Bonchev–Trinajstić information content (AvgIpc) is 2.76. The molecule has 1 fully saturated rings. The lowest BCUT2D eigenvalue weighted by Crippen LogP contribution is -2.46. The Morgan fingerprint density at radius 3 is 1.80 bits per heavy atom. The van der Waals surface area contributed by atoms with Gasteiger partial charge < -0.3 is 15.1 Å². The van der Waals surface area contributed by atoms with Crippen molar-refractivity contribution in [2.45, 2.75) is 25.8 Å². The number of aromatic nitrogens is 1. The highest BCUT2D eigenvalue weighted by atomic mass is 19.4. The van der Waals surface area contributed by atoms with E-state index in [2.05, 4.69) is 20.9 Å². The Morgan fingerprint density at radius 2 is 1.37 bits per heavy atom. The summed E-state index contributed by atoms with van der Waals surface area (Å²) in [6.07, 6.45) is -8.34. The molecule has 0 atom stereocenters. The van der Waals surface area contributed by atoms with Crippen molar-refractivity contribution >= 4 is 17.6 Å². The lowest BCUT2D eigenvalue weighted by Gasteiger charge is -2.36. The minimum atomic E-state index is -5.08. The number of para-hydroxylation sites is 1. The minimum Gasteiger partial charge on any atom is -0.475 e. The van der Waals surface area contributed by atoms with Gasteiger partial charge >= 0.3 is 24.3 Å². The molecule has 1 aromatic heterocycles. The molecular weight excluding hydrogens is 491 g/mol. The van der Waals surface area contributed by atoms with Gasteiger partial charge in [-0.1, -0.05) is 18.2 Å². The Hall–Kier alpha value is -3.42. The molecule has 0 bridgehead atoms. The molecule has 0 amide bonds. The van der Waals surface area contributed by atoms with Crippen LogP contribution in [0.25, 0.3) is 0 Å². The number of carboxylic acid groups (broad SMARTS) is 2. The van der Waals surface area contributed by atoms with Crippen LogP contribution in [0.1, 0.15) is 11.3 Å². The van der Waals surface area contributed by atoms with Gasteiger partial charge in [-0.15, -0.1) is 0 Å². The fraction of sp³-hybridized carbons (Fsp3) is 0.381. The zero-order valence-electron chi connectivity index (χ0n) is 18.3. The molecule has 1 aliphatic heterocycles. The summed E-state index contributed by atoms with van der Waals surface area (Å²) in [5.74, 6) is -5.64. The Morgan fingerprint density at radius 1 is 0.886 bits per heavy atom. The summed E-state index contributed by atoms with van der Waals surface area (Å²) in [7, 11) is 0. The summed E-state index contributed by atoms with van der Waals surface area (Å²) >= 11 is 0. The van der Waals surface area contributed by atoms with Crippen LogP contribution in [0.2, 0.25) is 0 Å². The largest absolute Gasteiger partial charge is 0.490 e. The SMILES string of the molecule is Cc1ncccc1CN1CCN(c2ccccc2F)CC1.O=C(O)C(F)(F)F.O=C(O)C(F)(F)F. The molecule has 14 heteroatoms. The molecule has 2 heterocycles. The van der Waals surface area contributed by atoms with Crippen molar-refractivity contribution in [3.8, 4) is 0 Å². The second-order valence-corrected chi connectivity index (χ2v) is 7.07. The molecule has 2 aromatic rings. The first-order chi connectivity index (χ1) is 16.1. The first-order valence-electron chi connectivity index (χ1n) is 9.85. The van der Waals surface area contributed by atoms with Gasteiger partial charge in [0.05, 0.1) is 5.69 Å². The number of aliphatic carboxylic acids is 2. The van der Waals surface area contributed by atoms with Crippen LogP contribution in [0.3, 0.4) is 0 Å². The molecule has 0 radical (unpaired) electrons. The number of halogens is 7. The number of carboxylic acids is 2. The quantitative estimate of drug-likeness (QED) is 0.597. The molecule has 0 saturated carbocycles. The van der Waals surface area contributed by atoms with E-state index >= 15 is 0 Å². The van der Waals surface area contributed by atoms with Gasteiger partial charge in [0, 0.05) is 44.6 Å². The van der Waals surface area contributed by atoms with E-state index in [1.54, 1.807) is 6.07 Å². The van der Waals surface area contributed by atoms with E-state index in [0.717, 1.165) is 44.1 Å². The number of rotatable bonds is 3. The smallest absolute Gasteiger partial charge is 0.475 e. The molecular formula is C21H22F7N3O4. The fourth-order valence-electron chi connectivity index (χ4n) is 2.78. The first kappa shape index (κ1) is 29.6. The standard InChI is InChI=1S/C17H20FN3.2C2HF3O2/c1-14-15(5-4-8-19-14)13-20-9-11-21(12-10-20)17-7-3-2-6-16(17)18;2*3-2(4,5)1(6)7/h2-8H,9-13H2,1H3;2*(H,6,7). The minimum absolute atomic E-state index is 0.131. The highest BCUT2D eigenvalue weighted by molar-refractivity contribution is 5.73. The number of benzene rings is 1. The Kier molecular flexibility index (Phi) is 10.9. The van der Waals surface area contributed by atoms with Crippen molar-refractivity contribution in [1.82, 2.24) is 9.88 Å². The Labute approximate surface area is 195 Å². The molecule has 3 rings (SSSR count). The van der Waals surface area contributed by atoms with E-state index in [4.69, 9.17) is 19.8 Å². The van der Waals surface area contributed by atoms with Crippen molar-refractivity contribution in [3.63, 3.8) is 0 Å². The predicted molar refractivity (Wildman–Crippen MR) is 110 cm³/mol. The molecule has 1 aromatic carbocycles. The summed E-state index contributed by atoms with van der Waals surface area (Å²) in [6.45, 7) is 6.58. The normalized spacial score (nSPS) is 14.2. The molecule has 194 valence electrons. The number of piperazine rings is 1. The van der Waals surface area contributed by atoms with E-state index in [0.29, 0.717) is 0 Å². The molecule has 0 unspecified atom stereocenters. The van der Waals surface area contributed by atoms with Crippen LogP contribution in [0.4, 0.5) is 36.4 Å². The average molecular weight is 513 g/mol. The van der Waals surface area contributed by atoms with Crippen LogP contribution >= 0.6 is 0 Å². The number of nitrogens with zero attached hydrogens (tertiary/aromatic N) is 3. The number of hydrogen-bond donors (Lipinski definition) is 2. The van der Waals surface area contributed by atoms with Gasteiger partial charge in [0.1, 0.15) is 5.82 Å². The third-order valence-electron chi connectivity index (χ3n) is 4.56.